The third-order valence-corrected chi connectivity index (χ3v) is 5.00. The molecule has 1 unspecified atom stereocenters. The first-order valence-electron chi connectivity index (χ1n) is 5.28. The monoisotopic (exact) mass is 345 g/mol. The van der Waals surface area contributed by atoms with Crippen molar-refractivity contribution in [1.29, 1.82) is 0 Å². The number of nitrogens with one attached hydrogen (secondary N) is 1. The number of methoxy groups -OCH3 is 1. The molecule has 0 aromatic carbocycles. The minimum atomic E-state index is -0.409. The largest absolute Gasteiger partial charge is 0.468 e. The molecule has 0 aliphatic rings. The van der Waals surface area contributed by atoms with Crippen molar-refractivity contribution in [3.05, 3.63) is 43.2 Å². The summed E-state index contributed by atoms with van der Waals surface area (Å²) in [6.07, 6.45) is 0. The topological polar surface area (TPSA) is 38.3 Å². The Bertz CT molecular complexity index is 510. The van der Waals surface area contributed by atoms with E-state index in [1.807, 2.05) is 29.0 Å². The van der Waals surface area contributed by atoms with E-state index in [-0.39, 0.29) is 5.97 Å². The molecular weight excluding hydrogens is 334 g/mol. The lowest BCUT2D eigenvalue weighted by atomic mass is 10.2. The molecule has 0 fully saturated rings. The number of hydrogen-bond donors (Lipinski definition) is 1. The van der Waals surface area contributed by atoms with Crippen LogP contribution in [-0.4, -0.2) is 13.1 Å². The number of carbonyl (C=O) groups excluding carboxylic acids is 1. The molecule has 18 heavy (non-hydrogen) atoms. The van der Waals surface area contributed by atoms with Gasteiger partial charge in [-0.25, -0.2) is 4.79 Å². The van der Waals surface area contributed by atoms with Crippen LogP contribution in [0.4, 0.5) is 0 Å². The van der Waals surface area contributed by atoms with Crippen LogP contribution in [0.25, 0.3) is 0 Å². The number of rotatable bonds is 5. The van der Waals surface area contributed by atoms with Gasteiger partial charge in [-0.2, -0.15) is 0 Å². The predicted octanol–water partition coefficient (Wildman–Crippen LogP) is 3.58. The van der Waals surface area contributed by atoms with Crippen LogP contribution >= 0.6 is 38.6 Å². The lowest BCUT2D eigenvalue weighted by Crippen LogP contribution is -2.28. The number of thiophene rings is 2. The van der Waals surface area contributed by atoms with Gasteiger partial charge in [0.15, 0.2) is 0 Å². The average molecular weight is 346 g/mol. The predicted molar refractivity (Wildman–Crippen MR) is 77.9 cm³/mol. The van der Waals surface area contributed by atoms with Gasteiger partial charge in [-0.15, -0.1) is 22.7 Å². The quantitative estimate of drug-likeness (QED) is 0.841. The highest BCUT2D eigenvalue weighted by molar-refractivity contribution is 9.10. The molecule has 0 saturated carbocycles. The van der Waals surface area contributed by atoms with E-state index < -0.39 is 6.04 Å². The van der Waals surface area contributed by atoms with E-state index in [1.54, 1.807) is 11.3 Å². The number of carbonyl (C=O) groups is 1. The fourth-order valence-electron chi connectivity index (χ4n) is 1.51. The summed E-state index contributed by atoms with van der Waals surface area (Å²) in [5.41, 5.74) is 0. The highest BCUT2D eigenvalue weighted by Gasteiger charge is 2.22. The molecule has 0 aliphatic carbocycles. The number of hydrogen-bond acceptors (Lipinski definition) is 5. The van der Waals surface area contributed by atoms with Gasteiger partial charge in [0.2, 0.25) is 0 Å². The van der Waals surface area contributed by atoms with Crippen LogP contribution in [0.1, 0.15) is 15.8 Å². The first-order valence-corrected chi connectivity index (χ1v) is 7.83. The molecule has 0 aliphatic heterocycles. The van der Waals surface area contributed by atoms with Gasteiger partial charge in [0.25, 0.3) is 0 Å². The van der Waals surface area contributed by atoms with Crippen LogP contribution in [-0.2, 0) is 16.1 Å². The van der Waals surface area contributed by atoms with Gasteiger partial charge in [0.1, 0.15) is 6.04 Å². The second kappa shape index (κ2) is 6.47. The van der Waals surface area contributed by atoms with Crippen LogP contribution < -0.4 is 5.32 Å². The molecular formula is C12H12BrNO2S2. The van der Waals surface area contributed by atoms with Crippen molar-refractivity contribution >= 4 is 44.6 Å². The summed E-state index contributed by atoms with van der Waals surface area (Å²) < 4.78 is 5.82. The smallest absolute Gasteiger partial charge is 0.328 e. The number of halogens is 1. The first kappa shape index (κ1) is 13.7. The van der Waals surface area contributed by atoms with Gasteiger partial charge >= 0.3 is 5.97 Å². The lowest BCUT2D eigenvalue weighted by molar-refractivity contribution is -0.143. The summed E-state index contributed by atoms with van der Waals surface area (Å²) in [5.74, 6) is -0.263. The van der Waals surface area contributed by atoms with Crippen molar-refractivity contribution < 1.29 is 9.53 Å². The van der Waals surface area contributed by atoms with Crippen LogP contribution in [0.2, 0.25) is 0 Å². The highest BCUT2D eigenvalue weighted by atomic mass is 79.9. The Labute approximate surface area is 122 Å². The number of ether oxygens (including phenoxy) is 1. The lowest BCUT2D eigenvalue weighted by Gasteiger charge is -2.14. The SMILES string of the molecule is COC(=O)C(NCc1cccs1)c1cc(Br)cs1. The minimum Gasteiger partial charge on any atom is -0.468 e. The zero-order valence-corrected chi connectivity index (χ0v) is 12.9. The standard InChI is InChI=1S/C12H12BrNO2S2/c1-16-12(15)11(10-5-8(13)7-18-10)14-6-9-3-2-4-17-9/h2-5,7,11,14H,6H2,1H3. The van der Waals surface area contributed by atoms with Gasteiger partial charge in [0.05, 0.1) is 7.11 Å². The highest BCUT2D eigenvalue weighted by Crippen LogP contribution is 2.27. The van der Waals surface area contributed by atoms with Gasteiger partial charge in [0, 0.05) is 26.2 Å². The maximum Gasteiger partial charge on any atom is 0.328 e. The molecule has 96 valence electrons. The van der Waals surface area contributed by atoms with Crippen molar-refractivity contribution in [2.75, 3.05) is 7.11 Å². The van der Waals surface area contributed by atoms with Gasteiger partial charge in [-0.3, -0.25) is 5.32 Å². The molecule has 1 atom stereocenters. The zero-order chi connectivity index (χ0) is 13.0. The van der Waals surface area contributed by atoms with Crippen LogP contribution in [0, 0.1) is 0 Å². The molecule has 0 amide bonds. The van der Waals surface area contributed by atoms with Crippen LogP contribution in [0.15, 0.2) is 33.4 Å². The van der Waals surface area contributed by atoms with Crippen molar-refractivity contribution in [2.45, 2.75) is 12.6 Å². The Balaban J connectivity index is 2.08. The first-order chi connectivity index (χ1) is 8.70. The maximum absolute atomic E-state index is 11.8. The maximum atomic E-state index is 11.8. The van der Waals surface area contributed by atoms with Gasteiger partial charge in [-0.05, 0) is 33.4 Å². The molecule has 2 rings (SSSR count). The summed E-state index contributed by atoms with van der Waals surface area (Å²) in [7, 11) is 1.41. The fourth-order valence-corrected chi connectivity index (χ4v) is 3.68. The summed E-state index contributed by atoms with van der Waals surface area (Å²) in [4.78, 5) is 13.9. The Morgan fingerprint density at radius 3 is 2.94 bits per heavy atom. The summed E-state index contributed by atoms with van der Waals surface area (Å²) >= 11 is 6.59. The van der Waals surface area contributed by atoms with Crippen molar-refractivity contribution in [3.63, 3.8) is 0 Å². The molecule has 0 radical (unpaired) electrons. The molecule has 0 saturated heterocycles. The molecule has 2 heterocycles. The zero-order valence-electron chi connectivity index (χ0n) is 9.68. The Hall–Kier alpha value is -0.690. The molecule has 0 bridgehead atoms. The number of esters is 1. The molecule has 3 nitrogen and oxygen atoms in total. The molecule has 2 aromatic rings. The van der Waals surface area contributed by atoms with E-state index in [9.17, 15) is 4.79 Å². The summed E-state index contributed by atoms with van der Waals surface area (Å²) in [5, 5.41) is 7.20. The fraction of sp³-hybridized carbons (Fsp3) is 0.250. The normalized spacial score (nSPS) is 12.3. The Kier molecular flexibility index (Phi) is 4.94. The summed E-state index contributed by atoms with van der Waals surface area (Å²) in [6, 6.07) is 5.56. The van der Waals surface area contributed by atoms with E-state index in [0.29, 0.717) is 6.54 Å². The van der Waals surface area contributed by atoms with E-state index in [4.69, 9.17) is 4.74 Å². The van der Waals surface area contributed by atoms with Gasteiger partial charge < -0.3 is 4.74 Å². The molecule has 0 spiro atoms. The molecule has 6 heteroatoms. The van der Waals surface area contributed by atoms with Crippen LogP contribution in [0.5, 0.6) is 0 Å². The molecule has 1 N–H and O–H groups in total. The van der Waals surface area contributed by atoms with Crippen LogP contribution in [0.3, 0.4) is 0 Å². The van der Waals surface area contributed by atoms with E-state index in [2.05, 4.69) is 21.2 Å². The third-order valence-electron chi connectivity index (χ3n) is 2.37. The van der Waals surface area contributed by atoms with E-state index in [0.717, 1.165) is 9.35 Å². The minimum absolute atomic E-state index is 0.263. The van der Waals surface area contributed by atoms with Crippen molar-refractivity contribution in [3.8, 4) is 0 Å². The second-order valence-electron chi connectivity index (χ2n) is 3.58. The average Bonchev–Trinajstić information content (AvgIpc) is 3.01. The van der Waals surface area contributed by atoms with E-state index >= 15 is 0 Å². The van der Waals surface area contributed by atoms with Gasteiger partial charge in [-0.1, -0.05) is 6.07 Å². The second-order valence-corrected chi connectivity index (χ2v) is 6.47. The van der Waals surface area contributed by atoms with Crippen molar-refractivity contribution in [1.82, 2.24) is 5.32 Å². The Morgan fingerprint density at radius 2 is 2.39 bits per heavy atom. The third kappa shape index (κ3) is 3.41. The molecule has 2 aromatic heterocycles. The summed E-state index contributed by atoms with van der Waals surface area (Å²) in [6.45, 7) is 0.660. The Morgan fingerprint density at radius 1 is 1.56 bits per heavy atom. The van der Waals surface area contributed by atoms with E-state index in [1.165, 1.54) is 23.3 Å². The van der Waals surface area contributed by atoms with Crippen molar-refractivity contribution in [2.24, 2.45) is 0 Å².